The van der Waals surface area contributed by atoms with Crippen LogP contribution in [0.3, 0.4) is 0 Å². The quantitative estimate of drug-likeness (QED) is 0.827. The monoisotopic (exact) mass is 318 g/mol. The van der Waals surface area contributed by atoms with Gasteiger partial charge in [0.05, 0.1) is 17.0 Å². The molecule has 0 spiro atoms. The van der Waals surface area contributed by atoms with Gasteiger partial charge in [-0.1, -0.05) is 12.1 Å². The van der Waals surface area contributed by atoms with Crippen LogP contribution in [0, 0.1) is 11.3 Å². The van der Waals surface area contributed by atoms with Crippen molar-refractivity contribution in [2.24, 2.45) is 0 Å². The summed E-state index contributed by atoms with van der Waals surface area (Å²) in [6, 6.07) is 10.3. The van der Waals surface area contributed by atoms with E-state index in [9.17, 15) is 9.59 Å². The molecule has 1 aromatic carbocycles. The van der Waals surface area contributed by atoms with Gasteiger partial charge in [0, 0.05) is 10.3 Å². The number of thioether (sulfide) groups is 1. The number of aromatic carboxylic acids is 1. The Labute approximate surface area is 129 Å². The van der Waals surface area contributed by atoms with Gasteiger partial charge >= 0.3 is 5.97 Å². The number of thiophene rings is 1. The number of carboxylic acid groups (broad SMARTS) is 1. The molecule has 1 heterocycles. The molecule has 1 aromatic heterocycles. The molecule has 0 aliphatic rings. The van der Waals surface area contributed by atoms with Gasteiger partial charge in [0.2, 0.25) is 5.91 Å². The Bertz CT molecular complexity index is 719. The second kappa shape index (κ2) is 6.92. The van der Waals surface area contributed by atoms with E-state index in [0.29, 0.717) is 11.3 Å². The number of anilines is 1. The number of carboxylic acids is 1. The molecular formula is C14H10N2O3S2. The Morgan fingerprint density at radius 3 is 2.81 bits per heavy atom. The van der Waals surface area contributed by atoms with E-state index in [2.05, 4.69) is 5.32 Å². The summed E-state index contributed by atoms with van der Waals surface area (Å²) < 4.78 is 0. The molecule has 0 bridgehead atoms. The number of carbonyl (C=O) groups is 2. The van der Waals surface area contributed by atoms with Crippen LogP contribution in [-0.4, -0.2) is 22.7 Å². The second-order valence-corrected chi connectivity index (χ2v) is 5.91. The second-order valence-electron chi connectivity index (χ2n) is 3.95. The van der Waals surface area contributed by atoms with Crippen molar-refractivity contribution < 1.29 is 14.7 Å². The first-order chi connectivity index (χ1) is 10.1. The number of para-hydroxylation sites is 1. The summed E-state index contributed by atoms with van der Waals surface area (Å²) in [5, 5.41) is 22.1. The molecule has 0 atom stereocenters. The zero-order valence-electron chi connectivity index (χ0n) is 10.7. The van der Waals surface area contributed by atoms with Gasteiger partial charge in [-0.15, -0.1) is 23.1 Å². The highest BCUT2D eigenvalue weighted by atomic mass is 32.2. The lowest BCUT2D eigenvalue weighted by Gasteiger charge is -2.05. The maximum absolute atomic E-state index is 11.8. The van der Waals surface area contributed by atoms with Crippen molar-refractivity contribution in [2.45, 2.75) is 4.90 Å². The van der Waals surface area contributed by atoms with Crippen LogP contribution in [0.25, 0.3) is 0 Å². The Kier molecular flexibility index (Phi) is 4.98. The smallest absolute Gasteiger partial charge is 0.345 e. The minimum Gasteiger partial charge on any atom is -0.477 e. The largest absolute Gasteiger partial charge is 0.477 e. The van der Waals surface area contributed by atoms with Gasteiger partial charge in [-0.25, -0.2) is 4.79 Å². The van der Waals surface area contributed by atoms with Crippen molar-refractivity contribution in [3.8, 4) is 6.07 Å². The third-order valence-electron chi connectivity index (χ3n) is 2.48. The molecule has 0 radical (unpaired) electrons. The zero-order valence-corrected chi connectivity index (χ0v) is 12.3. The van der Waals surface area contributed by atoms with Gasteiger partial charge in [-0.2, -0.15) is 5.26 Å². The summed E-state index contributed by atoms with van der Waals surface area (Å²) in [5.74, 6) is -1.07. The summed E-state index contributed by atoms with van der Waals surface area (Å²) in [7, 11) is 0. The average molecular weight is 318 g/mol. The average Bonchev–Trinajstić information content (AvgIpc) is 2.95. The maximum Gasteiger partial charge on any atom is 0.345 e. The molecule has 0 aliphatic heterocycles. The number of amides is 1. The van der Waals surface area contributed by atoms with Gasteiger partial charge in [0.1, 0.15) is 10.9 Å². The van der Waals surface area contributed by atoms with Crippen LogP contribution in [0.5, 0.6) is 0 Å². The molecular weight excluding hydrogens is 308 g/mol. The van der Waals surface area contributed by atoms with E-state index in [1.807, 2.05) is 6.07 Å². The summed E-state index contributed by atoms with van der Waals surface area (Å²) in [5.41, 5.74) is 0.877. The van der Waals surface area contributed by atoms with Crippen LogP contribution >= 0.6 is 23.1 Å². The summed E-state index contributed by atoms with van der Waals surface area (Å²) in [4.78, 5) is 23.6. The van der Waals surface area contributed by atoms with Gasteiger partial charge in [0.25, 0.3) is 0 Å². The fourth-order valence-corrected chi connectivity index (χ4v) is 3.20. The number of nitrogens with zero attached hydrogens (tertiary/aromatic N) is 1. The predicted molar refractivity (Wildman–Crippen MR) is 81.8 cm³/mol. The predicted octanol–water partition coefficient (Wildman–Crippen LogP) is 3.05. The zero-order chi connectivity index (χ0) is 15.2. The van der Waals surface area contributed by atoms with Gasteiger partial charge in [-0.05, 0) is 18.2 Å². The van der Waals surface area contributed by atoms with Crippen molar-refractivity contribution in [1.29, 1.82) is 5.26 Å². The van der Waals surface area contributed by atoms with Crippen LogP contribution in [0.15, 0.2) is 40.6 Å². The molecule has 5 nitrogen and oxygen atoms in total. The number of nitrogens with one attached hydrogen (secondary N) is 1. The lowest BCUT2D eigenvalue weighted by atomic mass is 10.2. The molecule has 0 saturated heterocycles. The van der Waals surface area contributed by atoms with Gasteiger partial charge in [-0.3, -0.25) is 4.79 Å². The lowest BCUT2D eigenvalue weighted by molar-refractivity contribution is -0.113. The Morgan fingerprint density at radius 2 is 2.14 bits per heavy atom. The van der Waals surface area contributed by atoms with Crippen molar-refractivity contribution in [3.63, 3.8) is 0 Å². The summed E-state index contributed by atoms with van der Waals surface area (Å²) >= 11 is 2.38. The van der Waals surface area contributed by atoms with E-state index in [-0.39, 0.29) is 16.5 Å². The molecule has 21 heavy (non-hydrogen) atoms. The van der Waals surface area contributed by atoms with Crippen molar-refractivity contribution in [1.82, 2.24) is 0 Å². The van der Waals surface area contributed by atoms with E-state index in [4.69, 9.17) is 10.4 Å². The highest BCUT2D eigenvalue weighted by molar-refractivity contribution is 8.00. The van der Waals surface area contributed by atoms with E-state index in [0.717, 1.165) is 16.2 Å². The fourth-order valence-electron chi connectivity index (χ4n) is 1.53. The van der Waals surface area contributed by atoms with Crippen LogP contribution in [0.4, 0.5) is 5.69 Å². The number of hydrogen-bond donors (Lipinski definition) is 2. The SMILES string of the molecule is N#Cc1ccccc1NC(=O)CSc1csc(C(=O)O)c1. The molecule has 0 fully saturated rings. The Balaban J connectivity index is 1.93. The third kappa shape index (κ3) is 4.08. The molecule has 2 N–H and O–H groups in total. The highest BCUT2D eigenvalue weighted by Gasteiger charge is 2.10. The summed E-state index contributed by atoms with van der Waals surface area (Å²) in [6.45, 7) is 0. The highest BCUT2D eigenvalue weighted by Crippen LogP contribution is 2.25. The van der Waals surface area contributed by atoms with E-state index >= 15 is 0 Å². The van der Waals surface area contributed by atoms with Gasteiger partial charge in [0.15, 0.2) is 0 Å². The normalized spacial score (nSPS) is 9.86. The molecule has 0 aliphatic carbocycles. The van der Waals surface area contributed by atoms with Crippen molar-refractivity contribution in [3.05, 3.63) is 46.2 Å². The van der Waals surface area contributed by atoms with Crippen LogP contribution in [0.1, 0.15) is 15.2 Å². The molecule has 0 saturated carbocycles. The molecule has 7 heteroatoms. The Hall–Kier alpha value is -2.30. The first-order valence-electron chi connectivity index (χ1n) is 5.84. The molecule has 106 valence electrons. The number of carbonyl (C=O) groups excluding carboxylic acids is 1. The van der Waals surface area contributed by atoms with Crippen molar-refractivity contribution >= 4 is 40.7 Å². The van der Waals surface area contributed by atoms with E-state index in [1.165, 1.54) is 17.8 Å². The molecule has 2 rings (SSSR count). The van der Waals surface area contributed by atoms with Crippen LogP contribution in [0.2, 0.25) is 0 Å². The van der Waals surface area contributed by atoms with Gasteiger partial charge < -0.3 is 10.4 Å². The number of rotatable bonds is 5. The molecule has 1 amide bonds. The maximum atomic E-state index is 11.8. The number of nitriles is 1. The fraction of sp³-hybridized carbons (Fsp3) is 0.0714. The minimum absolute atomic E-state index is 0.148. The molecule has 2 aromatic rings. The molecule has 0 unspecified atom stereocenters. The van der Waals surface area contributed by atoms with Crippen LogP contribution < -0.4 is 5.32 Å². The first-order valence-corrected chi connectivity index (χ1v) is 7.70. The minimum atomic E-state index is -0.973. The number of hydrogen-bond acceptors (Lipinski definition) is 5. The number of benzene rings is 1. The van der Waals surface area contributed by atoms with E-state index < -0.39 is 5.97 Å². The summed E-state index contributed by atoms with van der Waals surface area (Å²) in [6.07, 6.45) is 0. The van der Waals surface area contributed by atoms with Crippen LogP contribution in [-0.2, 0) is 4.79 Å². The first kappa shape index (κ1) is 15.1. The standard InChI is InChI=1S/C14H10N2O3S2/c15-6-9-3-1-2-4-11(9)16-13(17)8-20-10-5-12(14(18)19)21-7-10/h1-5,7H,8H2,(H,16,17)(H,18,19). The van der Waals surface area contributed by atoms with E-state index in [1.54, 1.807) is 29.6 Å². The third-order valence-corrected chi connectivity index (χ3v) is 4.52. The lowest BCUT2D eigenvalue weighted by Crippen LogP contribution is -2.14. The van der Waals surface area contributed by atoms with Crippen molar-refractivity contribution in [2.75, 3.05) is 11.1 Å². The topological polar surface area (TPSA) is 90.2 Å². The Morgan fingerprint density at radius 1 is 1.38 bits per heavy atom.